The second-order valence-electron chi connectivity index (χ2n) is 5.71. The minimum atomic E-state index is -2.43. The van der Waals surface area contributed by atoms with Gasteiger partial charge in [-0.15, -0.1) is 0 Å². The predicted molar refractivity (Wildman–Crippen MR) is 67.6 cm³/mol. The van der Waals surface area contributed by atoms with Crippen molar-refractivity contribution in [3.63, 3.8) is 0 Å². The molecule has 1 aliphatic carbocycles. The summed E-state index contributed by atoms with van der Waals surface area (Å²) in [5, 5.41) is 0. The molecule has 1 saturated carbocycles. The van der Waals surface area contributed by atoms with E-state index in [-0.39, 0.29) is 18.4 Å². The molecule has 3 rings (SSSR count). The van der Waals surface area contributed by atoms with Crippen LogP contribution in [0.4, 0.5) is 8.78 Å². The summed E-state index contributed by atoms with van der Waals surface area (Å²) in [6.45, 7) is 3.50. The van der Waals surface area contributed by atoms with Crippen molar-refractivity contribution in [2.45, 2.75) is 31.7 Å². The van der Waals surface area contributed by atoms with Crippen molar-refractivity contribution in [3.05, 3.63) is 35.9 Å². The summed E-state index contributed by atoms with van der Waals surface area (Å²) in [7, 11) is 0. The van der Waals surface area contributed by atoms with Gasteiger partial charge in [-0.3, -0.25) is 4.90 Å². The van der Waals surface area contributed by atoms with Gasteiger partial charge in [-0.05, 0) is 24.8 Å². The number of fused-ring (bicyclic) bond motifs is 1. The van der Waals surface area contributed by atoms with Crippen molar-refractivity contribution in [1.29, 1.82) is 0 Å². The van der Waals surface area contributed by atoms with Crippen molar-refractivity contribution >= 4 is 0 Å². The van der Waals surface area contributed by atoms with Crippen molar-refractivity contribution in [3.8, 4) is 0 Å². The molecule has 1 aromatic carbocycles. The highest BCUT2D eigenvalue weighted by atomic mass is 19.3. The number of likely N-dealkylation sites (tertiary alicyclic amines) is 1. The minimum absolute atomic E-state index is 0.0931. The van der Waals surface area contributed by atoms with E-state index in [1.165, 1.54) is 5.56 Å². The molecule has 0 N–H and O–H groups in total. The third-order valence-corrected chi connectivity index (χ3v) is 4.69. The van der Waals surface area contributed by atoms with Crippen LogP contribution in [0.1, 0.15) is 31.4 Å². The van der Waals surface area contributed by atoms with Crippen LogP contribution in [-0.2, 0) is 0 Å². The summed E-state index contributed by atoms with van der Waals surface area (Å²) in [5.41, 5.74) is 1.22. The molecule has 18 heavy (non-hydrogen) atoms. The van der Waals surface area contributed by atoms with Crippen LogP contribution in [0.2, 0.25) is 0 Å². The lowest BCUT2D eigenvalue weighted by atomic mass is 9.99. The standard InChI is InChI=1S/C15H19F2N/c1-11(12-5-3-2-4-6-12)18-9-13-7-8-15(16,17)14(13)10-18/h2-6,11,13-14H,7-10H2,1H3. The second kappa shape index (κ2) is 4.30. The number of nitrogens with zero attached hydrogens (tertiary/aromatic N) is 1. The van der Waals surface area contributed by atoms with Gasteiger partial charge in [-0.1, -0.05) is 30.3 Å². The Morgan fingerprint density at radius 1 is 1.22 bits per heavy atom. The van der Waals surface area contributed by atoms with Crippen molar-refractivity contribution in [1.82, 2.24) is 4.90 Å². The van der Waals surface area contributed by atoms with Gasteiger partial charge in [0.15, 0.2) is 0 Å². The van der Waals surface area contributed by atoms with E-state index in [9.17, 15) is 8.78 Å². The Balaban J connectivity index is 1.73. The average Bonchev–Trinajstić information content (AvgIpc) is 2.91. The van der Waals surface area contributed by atoms with E-state index in [2.05, 4.69) is 24.0 Å². The van der Waals surface area contributed by atoms with E-state index in [1.54, 1.807) is 0 Å². The first-order valence-corrected chi connectivity index (χ1v) is 6.75. The summed E-state index contributed by atoms with van der Waals surface area (Å²) in [6.07, 6.45) is 0.783. The van der Waals surface area contributed by atoms with Crippen LogP contribution in [-0.4, -0.2) is 23.9 Å². The van der Waals surface area contributed by atoms with Crippen LogP contribution in [0.15, 0.2) is 30.3 Å². The molecule has 1 saturated heterocycles. The van der Waals surface area contributed by atoms with Crippen LogP contribution in [0.3, 0.4) is 0 Å². The van der Waals surface area contributed by atoms with Crippen LogP contribution in [0.25, 0.3) is 0 Å². The number of benzene rings is 1. The van der Waals surface area contributed by atoms with Gasteiger partial charge in [0, 0.05) is 31.5 Å². The van der Waals surface area contributed by atoms with Gasteiger partial charge in [-0.2, -0.15) is 0 Å². The molecule has 3 heteroatoms. The fraction of sp³-hybridized carbons (Fsp3) is 0.600. The number of rotatable bonds is 2. The lowest BCUT2D eigenvalue weighted by Gasteiger charge is -2.26. The zero-order valence-corrected chi connectivity index (χ0v) is 10.7. The molecule has 0 spiro atoms. The Kier molecular flexibility index (Phi) is 2.89. The number of halogens is 2. The highest BCUT2D eigenvalue weighted by molar-refractivity contribution is 5.19. The molecule has 3 atom stereocenters. The van der Waals surface area contributed by atoms with Gasteiger partial charge in [0.05, 0.1) is 0 Å². The lowest BCUT2D eigenvalue weighted by Crippen LogP contribution is -2.30. The van der Waals surface area contributed by atoms with E-state index in [0.29, 0.717) is 13.0 Å². The second-order valence-corrected chi connectivity index (χ2v) is 5.71. The molecule has 98 valence electrons. The molecule has 1 aromatic rings. The van der Waals surface area contributed by atoms with E-state index in [4.69, 9.17) is 0 Å². The Labute approximate surface area is 107 Å². The third kappa shape index (κ3) is 1.95. The molecular formula is C15H19F2N. The zero-order valence-electron chi connectivity index (χ0n) is 10.7. The summed E-state index contributed by atoms with van der Waals surface area (Å²) in [5.74, 6) is -2.65. The zero-order chi connectivity index (χ0) is 12.8. The van der Waals surface area contributed by atoms with Crippen LogP contribution >= 0.6 is 0 Å². The predicted octanol–water partition coefficient (Wildman–Crippen LogP) is 3.72. The quantitative estimate of drug-likeness (QED) is 0.774. The first-order chi connectivity index (χ1) is 8.58. The molecule has 0 aromatic heterocycles. The van der Waals surface area contributed by atoms with Crippen molar-refractivity contribution < 1.29 is 8.78 Å². The Bertz CT molecular complexity index is 418. The first kappa shape index (κ1) is 12.1. The molecule has 1 nitrogen and oxygen atoms in total. The lowest BCUT2D eigenvalue weighted by molar-refractivity contribution is -0.0409. The monoisotopic (exact) mass is 251 g/mol. The highest BCUT2D eigenvalue weighted by Gasteiger charge is 2.54. The van der Waals surface area contributed by atoms with E-state index in [0.717, 1.165) is 6.54 Å². The van der Waals surface area contributed by atoms with E-state index >= 15 is 0 Å². The Hall–Kier alpha value is -0.960. The average molecular weight is 251 g/mol. The maximum Gasteiger partial charge on any atom is 0.252 e. The van der Waals surface area contributed by atoms with Gasteiger partial charge < -0.3 is 0 Å². The molecule has 0 radical (unpaired) electrons. The molecule has 3 unspecified atom stereocenters. The summed E-state index contributed by atoms with van der Waals surface area (Å²) < 4.78 is 27.4. The fourth-order valence-electron chi connectivity index (χ4n) is 3.50. The normalized spacial score (nSPS) is 32.4. The van der Waals surface area contributed by atoms with Gasteiger partial charge in [-0.25, -0.2) is 8.78 Å². The maximum atomic E-state index is 13.7. The van der Waals surface area contributed by atoms with E-state index in [1.807, 2.05) is 18.2 Å². The van der Waals surface area contributed by atoms with Gasteiger partial charge in [0.1, 0.15) is 0 Å². The molecule has 2 fully saturated rings. The van der Waals surface area contributed by atoms with Crippen molar-refractivity contribution in [2.24, 2.45) is 11.8 Å². The number of hydrogen-bond acceptors (Lipinski definition) is 1. The SMILES string of the molecule is CC(c1ccccc1)N1CC2CCC(F)(F)C2C1. The Morgan fingerprint density at radius 2 is 1.94 bits per heavy atom. The summed E-state index contributed by atoms with van der Waals surface area (Å²) >= 11 is 0. The maximum absolute atomic E-state index is 13.7. The molecule has 1 heterocycles. The van der Waals surface area contributed by atoms with Crippen LogP contribution in [0.5, 0.6) is 0 Å². The minimum Gasteiger partial charge on any atom is -0.296 e. The van der Waals surface area contributed by atoms with Crippen LogP contribution in [0, 0.1) is 11.8 Å². The molecule has 0 amide bonds. The van der Waals surface area contributed by atoms with Gasteiger partial charge in [0.2, 0.25) is 0 Å². The summed E-state index contributed by atoms with van der Waals surface area (Å²) in [4.78, 5) is 2.22. The number of hydrogen-bond donors (Lipinski definition) is 0. The first-order valence-electron chi connectivity index (χ1n) is 6.75. The Morgan fingerprint density at radius 3 is 2.61 bits per heavy atom. The summed E-state index contributed by atoms with van der Waals surface area (Å²) in [6, 6.07) is 10.4. The number of alkyl halides is 2. The highest BCUT2D eigenvalue weighted by Crippen LogP contribution is 2.49. The molecule has 0 bridgehead atoms. The van der Waals surface area contributed by atoms with E-state index < -0.39 is 11.8 Å². The van der Waals surface area contributed by atoms with Crippen LogP contribution < -0.4 is 0 Å². The molecule has 2 aliphatic rings. The van der Waals surface area contributed by atoms with Crippen molar-refractivity contribution in [2.75, 3.05) is 13.1 Å². The smallest absolute Gasteiger partial charge is 0.252 e. The molecule has 1 aliphatic heterocycles. The fourth-order valence-corrected chi connectivity index (χ4v) is 3.50. The van der Waals surface area contributed by atoms with Gasteiger partial charge in [0.25, 0.3) is 5.92 Å². The molecular weight excluding hydrogens is 232 g/mol. The topological polar surface area (TPSA) is 3.24 Å². The largest absolute Gasteiger partial charge is 0.296 e. The van der Waals surface area contributed by atoms with Gasteiger partial charge >= 0.3 is 0 Å². The third-order valence-electron chi connectivity index (χ3n) is 4.69.